The Morgan fingerprint density at radius 1 is 1.24 bits per heavy atom. The van der Waals surface area contributed by atoms with Gasteiger partial charge >= 0.3 is 0 Å². The molecule has 0 aliphatic carbocycles. The van der Waals surface area contributed by atoms with Crippen molar-refractivity contribution in [3.8, 4) is 0 Å². The van der Waals surface area contributed by atoms with Crippen LogP contribution in [-0.4, -0.2) is 12.6 Å². The third-order valence-corrected chi connectivity index (χ3v) is 3.62. The van der Waals surface area contributed by atoms with Gasteiger partial charge in [-0.25, -0.2) is 0 Å². The van der Waals surface area contributed by atoms with E-state index in [1.54, 1.807) is 6.26 Å². The fourth-order valence-corrected chi connectivity index (χ4v) is 2.46. The summed E-state index contributed by atoms with van der Waals surface area (Å²) >= 11 is 0. The zero-order valence-electron chi connectivity index (χ0n) is 13.5. The Hall–Kier alpha value is -1.74. The number of rotatable bonds is 7. The minimum Gasteiger partial charge on any atom is -0.467 e. The minimum atomic E-state index is 0.510. The van der Waals surface area contributed by atoms with Crippen molar-refractivity contribution < 1.29 is 4.42 Å². The molecule has 0 amide bonds. The van der Waals surface area contributed by atoms with Crippen LogP contribution in [0.1, 0.15) is 37.7 Å². The van der Waals surface area contributed by atoms with Crippen LogP contribution in [0.5, 0.6) is 0 Å². The summed E-state index contributed by atoms with van der Waals surface area (Å²) in [5, 5.41) is 3.46. The first-order valence-electron chi connectivity index (χ1n) is 7.70. The van der Waals surface area contributed by atoms with Crippen molar-refractivity contribution in [3.05, 3.63) is 53.5 Å². The van der Waals surface area contributed by atoms with Crippen LogP contribution in [0.3, 0.4) is 0 Å². The van der Waals surface area contributed by atoms with Crippen LogP contribution in [0.2, 0.25) is 0 Å². The predicted molar refractivity (Wildman–Crippen MR) is 88.6 cm³/mol. The zero-order valence-corrected chi connectivity index (χ0v) is 13.5. The van der Waals surface area contributed by atoms with Gasteiger partial charge in [-0.3, -0.25) is 0 Å². The molecule has 0 radical (unpaired) electrons. The van der Waals surface area contributed by atoms with Crippen molar-refractivity contribution in [3.63, 3.8) is 0 Å². The summed E-state index contributed by atoms with van der Waals surface area (Å²) in [6, 6.07) is 11.2. The highest BCUT2D eigenvalue weighted by Crippen LogP contribution is 2.23. The number of benzene rings is 1. The van der Waals surface area contributed by atoms with Crippen molar-refractivity contribution in [1.29, 1.82) is 0 Å². The number of nitrogens with zero attached hydrogens (tertiary/aromatic N) is 1. The number of aryl methyl sites for hydroxylation is 1. The number of furan rings is 1. The molecule has 1 aromatic heterocycles. The molecule has 21 heavy (non-hydrogen) atoms. The van der Waals surface area contributed by atoms with Gasteiger partial charge in [0.15, 0.2) is 0 Å². The summed E-state index contributed by atoms with van der Waals surface area (Å²) < 4.78 is 5.46. The maximum absolute atomic E-state index is 5.46. The first kappa shape index (κ1) is 15.6. The van der Waals surface area contributed by atoms with Crippen molar-refractivity contribution in [2.75, 3.05) is 11.4 Å². The molecule has 0 aliphatic heterocycles. The Kier molecular flexibility index (Phi) is 5.45. The standard InChI is InChI=1S/C18H26N2O/c1-5-20(13-17-7-6-10-21-17)18-9-8-16(11-15(18)4)12-19-14(2)3/h6-11,14,19H,5,12-13H2,1-4H3. The molecule has 1 aromatic carbocycles. The van der Waals surface area contributed by atoms with Gasteiger partial charge < -0.3 is 14.6 Å². The quantitative estimate of drug-likeness (QED) is 0.830. The molecular formula is C18H26N2O. The van der Waals surface area contributed by atoms with E-state index in [-0.39, 0.29) is 0 Å². The van der Waals surface area contributed by atoms with Crippen LogP contribution < -0.4 is 10.2 Å². The second-order valence-electron chi connectivity index (χ2n) is 5.75. The zero-order chi connectivity index (χ0) is 15.2. The monoisotopic (exact) mass is 286 g/mol. The van der Waals surface area contributed by atoms with Gasteiger partial charge in [-0.1, -0.05) is 26.0 Å². The van der Waals surface area contributed by atoms with E-state index in [9.17, 15) is 0 Å². The maximum atomic E-state index is 5.46. The molecule has 0 saturated heterocycles. The van der Waals surface area contributed by atoms with Gasteiger partial charge in [-0.2, -0.15) is 0 Å². The molecule has 0 aliphatic rings. The Morgan fingerprint density at radius 2 is 2.05 bits per heavy atom. The van der Waals surface area contributed by atoms with E-state index in [0.29, 0.717) is 6.04 Å². The molecular weight excluding hydrogens is 260 g/mol. The molecule has 0 spiro atoms. The van der Waals surface area contributed by atoms with Crippen molar-refractivity contribution in [2.24, 2.45) is 0 Å². The third kappa shape index (κ3) is 4.36. The fourth-order valence-electron chi connectivity index (χ4n) is 2.46. The van der Waals surface area contributed by atoms with Crippen LogP contribution in [-0.2, 0) is 13.1 Å². The summed E-state index contributed by atoms with van der Waals surface area (Å²) in [6.07, 6.45) is 1.73. The third-order valence-electron chi connectivity index (χ3n) is 3.62. The van der Waals surface area contributed by atoms with E-state index >= 15 is 0 Å². The summed E-state index contributed by atoms with van der Waals surface area (Å²) in [5.41, 5.74) is 3.92. The van der Waals surface area contributed by atoms with Gasteiger partial charge in [0.1, 0.15) is 5.76 Å². The molecule has 0 fully saturated rings. The highest BCUT2D eigenvalue weighted by atomic mass is 16.3. The molecule has 2 rings (SSSR count). The van der Waals surface area contributed by atoms with Crippen LogP contribution in [0.15, 0.2) is 41.0 Å². The Morgan fingerprint density at radius 3 is 2.62 bits per heavy atom. The summed E-state index contributed by atoms with van der Waals surface area (Å²) in [4.78, 5) is 2.34. The maximum Gasteiger partial charge on any atom is 0.123 e. The highest BCUT2D eigenvalue weighted by Gasteiger charge is 2.10. The van der Waals surface area contributed by atoms with Crippen LogP contribution >= 0.6 is 0 Å². The van der Waals surface area contributed by atoms with E-state index in [1.807, 2.05) is 12.1 Å². The highest BCUT2D eigenvalue weighted by molar-refractivity contribution is 5.54. The van der Waals surface area contributed by atoms with Gasteiger partial charge in [0.05, 0.1) is 12.8 Å². The topological polar surface area (TPSA) is 28.4 Å². The molecule has 0 saturated carbocycles. The summed E-state index contributed by atoms with van der Waals surface area (Å²) in [7, 11) is 0. The smallest absolute Gasteiger partial charge is 0.123 e. The van der Waals surface area contributed by atoms with Crippen LogP contribution in [0, 0.1) is 6.92 Å². The molecule has 0 unspecified atom stereocenters. The van der Waals surface area contributed by atoms with Gasteiger partial charge in [0.2, 0.25) is 0 Å². The first-order valence-corrected chi connectivity index (χ1v) is 7.70. The summed E-state index contributed by atoms with van der Waals surface area (Å²) in [5.74, 6) is 1.00. The normalized spacial score (nSPS) is 11.1. The average molecular weight is 286 g/mol. The lowest BCUT2D eigenvalue weighted by Gasteiger charge is -2.24. The van der Waals surface area contributed by atoms with E-state index in [0.717, 1.165) is 25.4 Å². The second-order valence-corrected chi connectivity index (χ2v) is 5.75. The van der Waals surface area contributed by atoms with E-state index in [2.05, 4.69) is 56.1 Å². The van der Waals surface area contributed by atoms with Gasteiger partial charge in [0.25, 0.3) is 0 Å². The fraction of sp³-hybridized carbons (Fsp3) is 0.444. The van der Waals surface area contributed by atoms with E-state index in [4.69, 9.17) is 4.42 Å². The SMILES string of the molecule is CCN(Cc1ccco1)c1ccc(CNC(C)C)cc1C. The average Bonchev–Trinajstić information content (AvgIpc) is 2.96. The second kappa shape index (κ2) is 7.32. The number of anilines is 1. The van der Waals surface area contributed by atoms with Gasteiger partial charge in [0, 0.05) is 24.8 Å². The number of nitrogens with one attached hydrogen (secondary N) is 1. The lowest BCUT2D eigenvalue weighted by atomic mass is 10.1. The minimum absolute atomic E-state index is 0.510. The number of hydrogen-bond donors (Lipinski definition) is 1. The number of hydrogen-bond acceptors (Lipinski definition) is 3. The van der Waals surface area contributed by atoms with Crippen molar-refractivity contribution in [1.82, 2.24) is 5.32 Å². The molecule has 1 heterocycles. The first-order chi connectivity index (χ1) is 10.1. The van der Waals surface area contributed by atoms with E-state index < -0.39 is 0 Å². The van der Waals surface area contributed by atoms with Gasteiger partial charge in [-0.15, -0.1) is 0 Å². The lowest BCUT2D eigenvalue weighted by molar-refractivity contribution is 0.503. The molecule has 3 nitrogen and oxygen atoms in total. The van der Waals surface area contributed by atoms with Crippen LogP contribution in [0.4, 0.5) is 5.69 Å². The van der Waals surface area contributed by atoms with Crippen LogP contribution in [0.25, 0.3) is 0 Å². The molecule has 0 atom stereocenters. The molecule has 114 valence electrons. The van der Waals surface area contributed by atoms with Crippen molar-refractivity contribution in [2.45, 2.75) is 46.8 Å². The van der Waals surface area contributed by atoms with Crippen molar-refractivity contribution >= 4 is 5.69 Å². The Labute approximate surface area is 128 Å². The Bertz CT molecular complexity index is 546. The lowest BCUT2D eigenvalue weighted by Crippen LogP contribution is -2.23. The molecule has 1 N–H and O–H groups in total. The molecule has 3 heteroatoms. The Balaban J connectivity index is 2.10. The predicted octanol–water partition coefficient (Wildman–Crippen LogP) is 4.11. The molecule has 0 bridgehead atoms. The van der Waals surface area contributed by atoms with E-state index in [1.165, 1.54) is 16.8 Å². The largest absolute Gasteiger partial charge is 0.467 e. The summed E-state index contributed by atoms with van der Waals surface area (Å²) in [6.45, 7) is 11.4. The molecule has 2 aromatic rings. The van der Waals surface area contributed by atoms with Gasteiger partial charge in [-0.05, 0) is 43.2 Å².